The van der Waals surface area contributed by atoms with Gasteiger partial charge < -0.3 is 5.32 Å². The molecule has 0 radical (unpaired) electrons. The molecule has 0 amide bonds. The molecule has 0 fully saturated rings. The van der Waals surface area contributed by atoms with Crippen molar-refractivity contribution in [3.8, 4) is 0 Å². The van der Waals surface area contributed by atoms with E-state index < -0.39 is 17.5 Å². The van der Waals surface area contributed by atoms with E-state index in [1.807, 2.05) is 12.1 Å². The van der Waals surface area contributed by atoms with Gasteiger partial charge in [-0.2, -0.15) is 0 Å². The molecule has 2 rings (SSSR count). The van der Waals surface area contributed by atoms with E-state index in [1.54, 1.807) is 12.1 Å². The highest BCUT2D eigenvalue weighted by molar-refractivity contribution is 9.10. The molecule has 0 aliphatic rings. The molecule has 0 aliphatic carbocycles. The molecule has 94 valence electrons. The molecule has 1 N–H and O–H groups in total. The molecule has 5 heteroatoms. The maximum Gasteiger partial charge on any atom is 0.161 e. The maximum absolute atomic E-state index is 13.4. The normalized spacial score (nSPS) is 10.4. The molecule has 0 atom stereocenters. The molecule has 0 saturated heterocycles. The van der Waals surface area contributed by atoms with Crippen molar-refractivity contribution in [2.24, 2.45) is 0 Å². The predicted molar refractivity (Wildman–Crippen MR) is 67.8 cm³/mol. The van der Waals surface area contributed by atoms with Crippen LogP contribution >= 0.6 is 15.9 Å². The molecule has 2 aromatic carbocycles. The summed E-state index contributed by atoms with van der Waals surface area (Å²) in [5, 5.41) is 2.93. The quantitative estimate of drug-likeness (QED) is 0.823. The van der Waals surface area contributed by atoms with Crippen LogP contribution in [0.1, 0.15) is 5.56 Å². The monoisotopic (exact) mass is 315 g/mol. The van der Waals surface area contributed by atoms with Gasteiger partial charge in [0.2, 0.25) is 0 Å². The Morgan fingerprint density at radius 3 is 2.39 bits per heavy atom. The van der Waals surface area contributed by atoms with Crippen LogP contribution in [0.2, 0.25) is 0 Å². The van der Waals surface area contributed by atoms with Gasteiger partial charge in [0.25, 0.3) is 0 Å². The number of anilines is 1. The summed E-state index contributed by atoms with van der Waals surface area (Å²) in [7, 11) is 0. The molecule has 0 spiro atoms. The molecule has 0 bridgehead atoms. The standard InChI is InChI=1S/C13H9BrF3N/c14-9-2-1-3-10(5-9)18-7-8-4-12(16)13(17)6-11(8)15/h1-6,18H,7H2. The fourth-order valence-electron chi connectivity index (χ4n) is 1.49. The second kappa shape index (κ2) is 5.44. The molecule has 0 aromatic heterocycles. The molecule has 1 nitrogen and oxygen atoms in total. The zero-order valence-corrected chi connectivity index (χ0v) is 10.8. The summed E-state index contributed by atoms with van der Waals surface area (Å²) < 4.78 is 39.9. The van der Waals surface area contributed by atoms with Gasteiger partial charge in [0.15, 0.2) is 11.6 Å². The smallest absolute Gasteiger partial charge is 0.161 e. The Morgan fingerprint density at radius 2 is 1.67 bits per heavy atom. The van der Waals surface area contributed by atoms with Crippen molar-refractivity contribution in [1.82, 2.24) is 0 Å². The van der Waals surface area contributed by atoms with Crippen molar-refractivity contribution in [2.75, 3.05) is 5.32 Å². The Balaban J connectivity index is 2.13. The topological polar surface area (TPSA) is 12.0 Å². The molecule has 0 aliphatic heterocycles. The van der Waals surface area contributed by atoms with E-state index in [4.69, 9.17) is 0 Å². The van der Waals surface area contributed by atoms with Crippen molar-refractivity contribution in [3.05, 3.63) is 63.9 Å². The van der Waals surface area contributed by atoms with E-state index in [9.17, 15) is 13.2 Å². The molecule has 0 heterocycles. The zero-order valence-electron chi connectivity index (χ0n) is 9.18. The van der Waals surface area contributed by atoms with Crippen LogP contribution in [0.25, 0.3) is 0 Å². The van der Waals surface area contributed by atoms with E-state index in [0.29, 0.717) is 6.07 Å². The van der Waals surface area contributed by atoms with Crippen molar-refractivity contribution in [1.29, 1.82) is 0 Å². The average Bonchev–Trinajstić information content (AvgIpc) is 2.32. The van der Waals surface area contributed by atoms with Crippen molar-refractivity contribution < 1.29 is 13.2 Å². The first-order chi connectivity index (χ1) is 8.56. The summed E-state index contributed by atoms with van der Waals surface area (Å²) in [5.41, 5.74) is 0.836. The van der Waals surface area contributed by atoms with Gasteiger partial charge in [-0.15, -0.1) is 0 Å². The first kappa shape index (κ1) is 13.0. The van der Waals surface area contributed by atoms with Gasteiger partial charge >= 0.3 is 0 Å². The lowest BCUT2D eigenvalue weighted by Crippen LogP contribution is -2.03. The van der Waals surface area contributed by atoms with Crippen LogP contribution in [-0.2, 0) is 6.54 Å². The SMILES string of the molecule is Fc1cc(F)c(CNc2cccc(Br)c2)cc1F. The van der Waals surface area contributed by atoms with Crippen LogP contribution in [0.4, 0.5) is 18.9 Å². The molecule has 2 aromatic rings. The lowest BCUT2D eigenvalue weighted by Gasteiger charge is -2.08. The highest BCUT2D eigenvalue weighted by Crippen LogP contribution is 2.18. The van der Waals surface area contributed by atoms with E-state index in [1.165, 1.54) is 0 Å². The zero-order chi connectivity index (χ0) is 13.1. The number of benzene rings is 2. The molecule has 18 heavy (non-hydrogen) atoms. The summed E-state index contributed by atoms with van der Waals surface area (Å²) in [6, 6.07) is 8.67. The fourth-order valence-corrected chi connectivity index (χ4v) is 1.89. The highest BCUT2D eigenvalue weighted by atomic mass is 79.9. The average molecular weight is 316 g/mol. The number of hydrogen-bond donors (Lipinski definition) is 1. The summed E-state index contributed by atoms with van der Waals surface area (Å²) >= 11 is 3.30. The molecular formula is C13H9BrF3N. The second-order valence-electron chi connectivity index (χ2n) is 3.72. The first-order valence-corrected chi connectivity index (χ1v) is 5.98. The van der Waals surface area contributed by atoms with E-state index >= 15 is 0 Å². The Bertz CT molecular complexity index is 572. The fraction of sp³-hybridized carbons (Fsp3) is 0.0769. The van der Waals surface area contributed by atoms with Crippen LogP contribution in [0.5, 0.6) is 0 Å². The van der Waals surface area contributed by atoms with E-state index in [-0.39, 0.29) is 12.1 Å². The predicted octanol–water partition coefficient (Wildman–Crippen LogP) is 4.48. The summed E-state index contributed by atoms with van der Waals surface area (Å²) in [5.74, 6) is -3.00. The Hall–Kier alpha value is -1.49. The van der Waals surface area contributed by atoms with Gasteiger partial charge in [-0.05, 0) is 24.3 Å². The number of hydrogen-bond acceptors (Lipinski definition) is 1. The highest BCUT2D eigenvalue weighted by Gasteiger charge is 2.09. The lowest BCUT2D eigenvalue weighted by molar-refractivity contribution is 0.490. The Kier molecular flexibility index (Phi) is 3.91. The lowest BCUT2D eigenvalue weighted by atomic mass is 10.2. The van der Waals surface area contributed by atoms with Crippen molar-refractivity contribution >= 4 is 21.6 Å². The van der Waals surface area contributed by atoms with Crippen LogP contribution in [-0.4, -0.2) is 0 Å². The van der Waals surface area contributed by atoms with Crippen LogP contribution in [0.15, 0.2) is 40.9 Å². The summed E-state index contributed by atoms with van der Waals surface area (Å²) in [4.78, 5) is 0. The summed E-state index contributed by atoms with van der Waals surface area (Å²) in [6.07, 6.45) is 0. The summed E-state index contributed by atoms with van der Waals surface area (Å²) in [6.45, 7) is 0.0828. The van der Waals surface area contributed by atoms with Gasteiger partial charge in [-0.3, -0.25) is 0 Å². The number of rotatable bonds is 3. The largest absolute Gasteiger partial charge is 0.381 e. The van der Waals surface area contributed by atoms with Crippen molar-refractivity contribution in [3.63, 3.8) is 0 Å². The third-order valence-electron chi connectivity index (χ3n) is 2.40. The van der Waals surface area contributed by atoms with Crippen molar-refractivity contribution in [2.45, 2.75) is 6.54 Å². The van der Waals surface area contributed by atoms with Crippen LogP contribution in [0, 0.1) is 17.5 Å². The van der Waals surface area contributed by atoms with Gasteiger partial charge in [0.1, 0.15) is 5.82 Å². The first-order valence-electron chi connectivity index (χ1n) is 5.19. The van der Waals surface area contributed by atoms with Gasteiger partial charge in [0.05, 0.1) is 0 Å². The molecule has 0 unspecified atom stereocenters. The second-order valence-corrected chi connectivity index (χ2v) is 4.64. The van der Waals surface area contributed by atoms with Crippen LogP contribution < -0.4 is 5.32 Å². The van der Waals surface area contributed by atoms with Gasteiger partial charge in [-0.1, -0.05) is 22.0 Å². The van der Waals surface area contributed by atoms with Crippen LogP contribution in [0.3, 0.4) is 0 Å². The van der Waals surface area contributed by atoms with Gasteiger partial charge in [0, 0.05) is 28.3 Å². The molecular weight excluding hydrogens is 307 g/mol. The Morgan fingerprint density at radius 1 is 0.944 bits per heavy atom. The minimum atomic E-state index is -1.18. The third kappa shape index (κ3) is 3.04. The molecule has 0 saturated carbocycles. The number of nitrogens with one attached hydrogen (secondary N) is 1. The van der Waals surface area contributed by atoms with Gasteiger partial charge in [-0.25, -0.2) is 13.2 Å². The minimum absolute atomic E-state index is 0.0777. The maximum atomic E-state index is 13.4. The Labute approximate surface area is 111 Å². The van der Waals surface area contributed by atoms with E-state index in [2.05, 4.69) is 21.2 Å². The minimum Gasteiger partial charge on any atom is -0.381 e. The van der Waals surface area contributed by atoms with E-state index in [0.717, 1.165) is 16.2 Å². The number of halogens is 4. The third-order valence-corrected chi connectivity index (χ3v) is 2.89.